The number of aliphatic hydroxyl groups is 2. The number of aliphatic hydroxyl groups excluding tert-OH is 1. The SMILES string of the molecule is CC1=CCC[C@@]2(C)[C@@H](CC[C@@]2(O)CN(C[C@H]2CCCO2)C(=O)Nc2ccccc2)c2ccc(cc2C(=O)c2ccc(C)s2)C[C@@H](O)CC1. The van der Waals surface area contributed by atoms with Gasteiger partial charge in [0, 0.05) is 34.7 Å². The molecule has 3 aliphatic carbocycles. The summed E-state index contributed by atoms with van der Waals surface area (Å²) >= 11 is 1.50. The van der Waals surface area contributed by atoms with Gasteiger partial charge in [0.1, 0.15) is 0 Å². The van der Waals surface area contributed by atoms with E-state index in [0.29, 0.717) is 61.4 Å². The first kappa shape index (κ1) is 34.6. The van der Waals surface area contributed by atoms with E-state index in [1.54, 1.807) is 4.90 Å². The Labute approximate surface area is 289 Å². The summed E-state index contributed by atoms with van der Waals surface area (Å²) in [6, 6.07) is 19.2. The zero-order valence-electron chi connectivity index (χ0n) is 28.5. The third-order valence-corrected chi connectivity index (χ3v) is 12.1. The molecule has 1 aromatic heterocycles. The van der Waals surface area contributed by atoms with Gasteiger partial charge in [0.2, 0.25) is 5.78 Å². The normalized spacial score (nSPS) is 27.6. The molecule has 0 radical (unpaired) electrons. The van der Waals surface area contributed by atoms with Crippen molar-refractivity contribution < 1.29 is 24.5 Å². The molecule has 1 saturated carbocycles. The molecule has 2 bridgehead atoms. The molecule has 2 fully saturated rings. The zero-order valence-corrected chi connectivity index (χ0v) is 29.4. The van der Waals surface area contributed by atoms with Crippen molar-refractivity contribution >= 4 is 28.8 Å². The summed E-state index contributed by atoms with van der Waals surface area (Å²) < 4.78 is 5.98. The van der Waals surface area contributed by atoms with Gasteiger partial charge in [-0.15, -0.1) is 11.3 Å². The fourth-order valence-corrected chi connectivity index (χ4v) is 9.00. The number of allylic oxidation sites excluding steroid dienone is 2. The number of ether oxygens (including phenoxy) is 1. The van der Waals surface area contributed by atoms with E-state index in [9.17, 15) is 19.8 Å². The van der Waals surface area contributed by atoms with Crippen LogP contribution in [-0.4, -0.2) is 64.4 Å². The number of fused-ring (bicyclic) bond motifs is 8. The molecule has 3 aromatic rings. The van der Waals surface area contributed by atoms with Gasteiger partial charge in [-0.25, -0.2) is 4.79 Å². The highest BCUT2D eigenvalue weighted by atomic mass is 32.1. The summed E-state index contributed by atoms with van der Waals surface area (Å²) in [4.78, 5) is 31.7. The first-order valence-corrected chi connectivity index (χ1v) is 18.4. The van der Waals surface area contributed by atoms with Crippen molar-refractivity contribution in [3.8, 4) is 0 Å². The van der Waals surface area contributed by atoms with Crippen molar-refractivity contribution in [3.63, 3.8) is 0 Å². The Kier molecular flexibility index (Phi) is 10.6. The molecule has 1 saturated heterocycles. The molecular formula is C40H50N2O5S. The van der Waals surface area contributed by atoms with E-state index < -0.39 is 17.1 Å². The second kappa shape index (κ2) is 14.7. The summed E-state index contributed by atoms with van der Waals surface area (Å²) in [6.07, 6.45) is 8.08. The molecule has 8 heteroatoms. The lowest BCUT2D eigenvalue weighted by Gasteiger charge is -2.46. The van der Waals surface area contributed by atoms with Gasteiger partial charge in [0.15, 0.2) is 0 Å². The molecule has 7 nitrogen and oxygen atoms in total. The number of rotatable bonds is 7. The predicted molar refractivity (Wildman–Crippen MR) is 192 cm³/mol. The first-order valence-electron chi connectivity index (χ1n) is 17.6. The van der Waals surface area contributed by atoms with Crippen molar-refractivity contribution in [2.24, 2.45) is 5.41 Å². The van der Waals surface area contributed by atoms with Crippen LogP contribution in [-0.2, 0) is 11.2 Å². The van der Waals surface area contributed by atoms with Crippen LogP contribution in [0.2, 0.25) is 0 Å². The largest absolute Gasteiger partial charge is 0.393 e. The summed E-state index contributed by atoms with van der Waals surface area (Å²) in [5.41, 5.74) is 2.63. The predicted octanol–water partition coefficient (Wildman–Crippen LogP) is 8.04. The summed E-state index contributed by atoms with van der Waals surface area (Å²) in [5.74, 6) is -0.123. The van der Waals surface area contributed by atoms with Crippen molar-refractivity contribution in [1.82, 2.24) is 4.90 Å². The van der Waals surface area contributed by atoms with Crippen molar-refractivity contribution in [2.45, 2.75) is 102 Å². The number of para-hydroxylation sites is 1. The van der Waals surface area contributed by atoms with Gasteiger partial charge in [-0.05, 0) is 119 Å². The fraction of sp³-hybridized carbons (Fsp3) is 0.500. The van der Waals surface area contributed by atoms with Gasteiger partial charge in [-0.1, -0.05) is 48.9 Å². The number of carbonyl (C=O) groups excluding carboxylic acids is 2. The van der Waals surface area contributed by atoms with Gasteiger partial charge < -0.3 is 25.2 Å². The van der Waals surface area contributed by atoms with Crippen LogP contribution >= 0.6 is 11.3 Å². The Hall–Kier alpha value is -3.30. The van der Waals surface area contributed by atoms with E-state index in [2.05, 4.69) is 37.4 Å². The number of nitrogens with zero attached hydrogens (tertiary/aromatic N) is 1. The number of hydrogen-bond donors (Lipinski definition) is 3. The van der Waals surface area contributed by atoms with Crippen molar-refractivity contribution in [3.05, 3.63) is 98.8 Å². The molecular weight excluding hydrogens is 621 g/mol. The van der Waals surface area contributed by atoms with Crippen LogP contribution < -0.4 is 5.32 Å². The Morgan fingerprint density at radius 2 is 1.85 bits per heavy atom. The molecule has 0 spiro atoms. The maximum atomic E-state index is 14.2. The van der Waals surface area contributed by atoms with Gasteiger partial charge >= 0.3 is 6.03 Å². The minimum atomic E-state index is -1.21. The Balaban J connectivity index is 1.39. The third kappa shape index (κ3) is 7.47. The van der Waals surface area contributed by atoms with Crippen LogP contribution in [0.15, 0.2) is 72.3 Å². The van der Waals surface area contributed by atoms with Crippen LogP contribution in [0.5, 0.6) is 0 Å². The van der Waals surface area contributed by atoms with Crippen LogP contribution in [0.1, 0.15) is 102 Å². The first-order chi connectivity index (χ1) is 23.0. The Bertz CT molecular complexity index is 1630. The Morgan fingerprint density at radius 3 is 2.58 bits per heavy atom. The maximum Gasteiger partial charge on any atom is 0.322 e. The molecule has 5 atom stereocenters. The number of amides is 2. The van der Waals surface area contributed by atoms with Crippen LogP contribution in [0.3, 0.4) is 0 Å². The monoisotopic (exact) mass is 670 g/mol. The van der Waals surface area contributed by atoms with E-state index in [4.69, 9.17) is 4.74 Å². The fourth-order valence-electron chi connectivity index (χ4n) is 8.18. The molecule has 4 aliphatic rings. The quantitative estimate of drug-likeness (QED) is 0.175. The van der Waals surface area contributed by atoms with Crippen LogP contribution in [0.25, 0.3) is 0 Å². The van der Waals surface area contributed by atoms with Gasteiger partial charge in [-0.2, -0.15) is 0 Å². The number of hydrogen-bond acceptors (Lipinski definition) is 6. The number of carbonyl (C=O) groups is 2. The van der Waals surface area contributed by atoms with E-state index in [1.807, 2.05) is 55.5 Å². The number of nitrogens with one attached hydrogen (secondary N) is 1. The molecule has 256 valence electrons. The topological polar surface area (TPSA) is 99.1 Å². The van der Waals surface area contributed by atoms with E-state index in [1.165, 1.54) is 16.9 Å². The van der Waals surface area contributed by atoms with Crippen molar-refractivity contribution in [2.75, 3.05) is 25.0 Å². The summed E-state index contributed by atoms with van der Waals surface area (Å²) in [5, 5.41) is 26.9. The number of anilines is 1. The second-order valence-corrected chi connectivity index (χ2v) is 15.8. The lowest BCUT2D eigenvalue weighted by Crippen LogP contribution is -2.55. The summed E-state index contributed by atoms with van der Waals surface area (Å²) in [7, 11) is 0. The van der Waals surface area contributed by atoms with E-state index in [-0.39, 0.29) is 30.4 Å². The molecule has 7 rings (SSSR count). The minimum Gasteiger partial charge on any atom is -0.393 e. The average molecular weight is 671 g/mol. The van der Waals surface area contributed by atoms with Gasteiger partial charge in [0.25, 0.3) is 0 Å². The smallest absolute Gasteiger partial charge is 0.322 e. The molecule has 0 unspecified atom stereocenters. The number of ketones is 1. The lowest BCUT2D eigenvalue weighted by atomic mass is 9.64. The zero-order chi connectivity index (χ0) is 33.9. The molecule has 2 heterocycles. The molecule has 2 aromatic carbocycles. The van der Waals surface area contributed by atoms with Gasteiger partial charge in [-0.3, -0.25) is 4.79 Å². The molecule has 2 amide bonds. The van der Waals surface area contributed by atoms with E-state index >= 15 is 0 Å². The Morgan fingerprint density at radius 1 is 1.04 bits per heavy atom. The third-order valence-electron chi connectivity index (χ3n) is 11.1. The molecule has 3 N–H and O–H groups in total. The second-order valence-electron chi connectivity index (χ2n) is 14.5. The minimum absolute atomic E-state index is 0.0117. The summed E-state index contributed by atoms with van der Waals surface area (Å²) in [6.45, 7) is 7.54. The highest BCUT2D eigenvalue weighted by Gasteiger charge is 2.57. The van der Waals surface area contributed by atoms with Crippen LogP contribution in [0, 0.1) is 12.3 Å². The number of thiophene rings is 1. The maximum absolute atomic E-state index is 14.2. The number of benzene rings is 2. The highest BCUT2D eigenvalue weighted by Crippen LogP contribution is 2.59. The molecule has 1 aliphatic heterocycles. The highest BCUT2D eigenvalue weighted by molar-refractivity contribution is 7.14. The van der Waals surface area contributed by atoms with E-state index in [0.717, 1.165) is 41.7 Å². The van der Waals surface area contributed by atoms with Crippen molar-refractivity contribution in [1.29, 1.82) is 0 Å². The number of aryl methyl sites for hydroxylation is 1. The average Bonchev–Trinajstić information content (AvgIpc) is 3.80. The standard InChI is InChI=1S/C40H50N2O5S/c1-27-9-7-20-39(3)35(33-17-15-29(23-31(43)16-13-27)24-34(33)37(44)36-18-14-28(2)48-36)19-21-40(39,46)26-42(25-32-12-8-22-47-32)38(45)41-30-10-5-4-6-11-30/h4-6,9-11,14-15,17-18,24,31-32,35,43,46H,7-8,12-13,16,19-23,25-26H2,1-3H3,(H,41,45)/t31-,32+,35-,39-,40+/m0/s1. The van der Waals surface area contributed by atoms with Gasteiger partial charge in [0.05, 0.1) is 29.2 Å². The van der Waals surface area contributed by atoms with Crippen LogP contribution in [0.4, 0.5) is 10.5 Å². The number of urea groups is 1. The molecule has 48 heavy (non-hydrogen) atoms. The lowest BCUT2D eigenvalue weighted by molar-refractivity contribution is -0.0799.